The summed E-state index contributed by atoms with van der Waals surface area (Å²) in [5.74, 6) is -0.706. The van der Waals surface area contributed by atoms with Crippen molar-refractivity contribution in [1.82, 2.24) is 15.1 Å². The molecule has 8 heteroatoms. The average molecular weight is 464 g/mol. The van der Waals surface area contributed by atoms with Gasteiger partial charge in [0, 0.05) is 31.3 Å². The molecule has 1 N–H and O–H groups in total. The van der Waals surface area contributed by atoms with Gasteiger partial charge in [0.15, 0.2) is 0 Å². The summed E-state index contributed by atoms with van der Waals surface area (Å²) in [5.41, 5.74) is 3.27. The molecule has 0 spiro atoms. The van der Waals surface area contributed by atoms with E-state index in [1.807, 2.05) is 24.3 Å². The topological polar surface area (TPSA) is 88.2 Å². The number of piperidine rings is 1. The molecule has 2 aromatic rings. The second kappa shape index (κ2) is 9.30. The molecular formula is C26H27N3O5. The van der Waals surface area contributed by atoms with Crippen LogP contribution in [0.2, 0.25) is 0 Å². The van der Waals surface area contributed by atoms with Crippen molar-refractivity contribution in [2.45, 2.75) is 38.5 Å². The number of fused-ring (bicyclic) bond motifs is 1. The number of amides is 3. The van der Waals surface area contributed by atoms with E-state index in [0.717, 1.165) is 16.0 Å². The molecule has 2 fully saturated rings. The normalized spacial score (nSPS) is 25.6. The number of hydrogen-bond acceptors (Lipinski definition) is 5. The molecule has 3 amide bonds. The van der Waals surface area contributed by atoms with Crippen LogP contribution in [-0.2, 0) is 34.0 Å². The Hall–Kier alpha value is -3.65. The number of hydrogen-bond donors (Lipinski definition) is 1. The number of nitrogens with one attached hydrogen (secondary N) is 1. The molecule has 3 aliphatic rings. The van der Waals surface area contributed by atoms with Crippen LogP contribution in [0, 0.1) is 0 Å². The van der Waals surface area contributed by atoms with Gasteiger partial charge in [0.1, 0.15) is 25.0 Å². The van der Waals surface area contributed by atoms with Gasteiger partial charge in [0.25, 0.3) is 5.91 Å². The molecule has 2 atom stereocenters. The number of carbonyl (C=O) groups is 3. The Bertz CT molecular complexity index is 1230. The van der Waals surface area contributed by atoms with Crippen LogP contribution < -0.4 is 10.1 Å². The molecule has 2 aromatic carbocycles. The highest BCUT2D eigenvalue weighted by atomic mass is 16.5. The van der Waals surface area contributed by atoms with Crippen LogP contribution in [-0.4, -0.2) is 53.3 Å². The first kappa shape index (κ1) is 19.8. The molecule has 8 nitrogen and oxygen atoms in total. The lowest BCUT2D eigenvalue weighted by molar-refractivity contribution is -0.143. The van der Waals surface area contributed by atoms with Gasteiger partial charge < -0.3 is 24.6 Å². The maximum Gasteiger partial charge on any atom is 0.255 e. The van der Waals surface area contributed by atoms with Crippen molar-refractivity contribution >= 4 is 17.7 Å². The number of benzene rings is 2. The Morgan fingerprint density at radius 2 is 1.97 bits per heavy atom. The largest absolute Gasteiger partial charge is 0.489 e. The molecule has 5 rings (SSSR count). The van der Waals surface area contributed by atoms with Crippen molar-refractivity contribution in [3.63, 3.8) is 0 Å². The highest BCUT2D eigenvalue weighted by molar-refractivity contribution is 6.02. The standard InChI is InChI=1S/C26H27N3O5/c1-17-5-10-22(25(31)27-17)29-14-21-20(26(29)32)3-2-4-23(21)34-15-19-8-6-18(7-9-19)13-28-11-12-33-16-24(28)30/h2-4,6-9,22H,1,5,10-16H2,(H,27,31)/i10D,22D. The van der Waals surface area contributed by atoms with Crippen molar-refractivity contribution in [3.8, 4) is 5.75 Å². The Balaban J connectivity index is 1.27. The lowest BCUT2D eigenvalue weighted by Crippen LogP contribution is -2.49. The van der Waals surface area contributed by atoms with E-state index in [9.17, 15) is 14.4 Å². The third-order valence-corrected chi connectivity index (χ3v) is 6.15. The smallest absolute Gasteiger partial charge is 0.255 e. The zero-order valence-corrected chi connectivity index (χ0v) is 18.7. The predicted octanol–water partition coefficient (Wildman–Crippen LogP) is 2.37. The summed E-state index contributed by atoms with van der Waals surface area (Å²) in [6, 6.07) is 10.8. The van der Waals surface area contributed by atoms with Crippen LogP contribution in [0.1, 0.15) is 42.6 Å². The first-order chi connectivity index (χ1) is 17.3. The van der Waals surface area contributed by atoms with E-state index in [1.54, 1.807) is 23.1 Å². The van der Waals surface area contributed by atoms with Crippen molar-refractivity contribution in [3.05, 3.63) is 77.0 Å². The fraction of sp³-hybridized carbons (Fsp3) is 0.346. The predicted molar refractivity (Wildman–Crippen MR) is 124 cm³/mol. The quantitative estimate of drug-likeness (QED) is 0.711. The zero-order chi connectivity index (χ0) is 25.4. The molecule has 0 bridgehead atoms. The van der Waals surface area contributed by atoms with E-state index in [0.29, 0.717) is 42.3 Å². The second-order valence-corrected chi connectivity index (χ2v) is 8.50. The summed E-state index contributed by atoms with van der Waals surface area (Å²) in [4.78, 5) is 40.7. The third kappa shape index (κ3) is 4.41. The molecule has 2 saturated heterocycles. The van der Waals surface area contributed by atoms with Gasteiger partial charge in [-0.15, -0.1) is 0 Å². The van der Waals surface area contributed by atoms with E-state index >= 15 is 0 Å². The van der Waals surface area contributed by atoms with Crippen LogP contribution in [0.4, 0.5) is 0 Å². The molecule has 3 heterocycles. The number of rotatable bonds is 6. The first-order valence-electron chi connectivity index (χ1n) is 12.3. The maximum atomic E-state index is 13.2. The van der Waals surface area contributed by atoms with Crippen LogP contribution in [0.5, 0.6) is 5.75 Å². The van der Waals surface area contributed by atoms with Crippen molar-refractivity contribution in [2.75, 3.05) is 19.8 Å². The minimum atomic E-state index is -2.05. The molecule has 0 aliphatic carbocycles. The Morgan fingerprint density at radius 1 is 1.18 bits per heavy atom. The molecule has 176 valence electrons. The SMILES string of the molecule is [2H]C1CC(=C)NC(=O)C1([2H])N1Cc2c(OCc3ccc(CN4CCOCC4=O)cc3)cccc2C1=O. The lowest BCUT2D eigenvalue weighted by Gasteiger charge is -2.31. The van der Waals surface area contributed by atoms with E-state index in [4.69, 9.17) is 12.2 Å². The maximum absolute atomic E-state index is 13.2. The Morgan fingerprint density at radius 3 is 2.74 bits per heavy atom. The van der Waals surface area contributed by atoms with Crippen LogP contribution in [0.25, 0.3) is 0 Å². The molecule has 0 radical (unpaired) electrons. The van der Waals surface area contributed by atoms with Gasteiger partial charge in [0.2, 0.25) is 11.8 Å². The number of ether oxygens (including phenoxy) is 2. The summed E-state index contributed by atoms with van der Waals surface area (Å²) < 4.78 is 28.3. The van der Waals surface area contributed by atoms with Crippen LogP contribution >= 0.6 is 0 Å². The van der Waals surface area contributed by atoms with Gasteiger partial charge in [-0.25, -0.2) is 0 Å². The average Bonchev–Trinajstić information content (AvgIpc) is 3.21. The van der Waals surface area contributed by atoms with Crippen molar-refractivity contribution in [2.24, 2.45) is 0 Å². The minimum Gasteiger partial charge on any atom is -0.489 e. The number of nitrogens with zero attached hydrogens (tertiary/aromatic N) is 2. The Kier molecular flexibility index (Phi) is 5.42. The lowest BCUT2D eigenvalue weighted by atomic mass is 10.0. The van der Waals surface area contributed by atoms with Gasteiger partial charge in [-0.05, 0) is 36.1 Å². The van der Waals surface area contributed by atoms with Crippen LogP contribution in [0.3, 0.4) is 0 Å². The van der Waals surface area contributed by atoms with E-state index in [2.05, 4.69) is 11.9 Å². The molecule has 2 unspecified atom stereocenters. The van der Waals surface area contributed by atoms with Gasteiger partial charge in [-0.1, -0.05) is 36.9 Å². The monoisotopic (exact) mass is 463 g/mol. The summed E-state index contributed by atoms with van der Waals surface area (Å²) >= 11 is 0. The van der Waals surface area contributed by atoms with E-state index < -0.39 is 24.2 Å². The molecular weight excluding hydrogens is 434 g/mol. The molecule has 0 aromatic heterocycles. The first-order valence-corrected chi connectivity index (χ1v) is 11.2. The van der Waals surface area contributed by atoms with Crippen LogP contribution in [0.15, 0.2) is 54.7 Å². The molecule has 34 heavy (non-hydrogen) atoms. The summed E-state index contributed by atoms with van der Waals surface area (Å²) in [6.07, 6.45) is -1.04. The number of carbonyl (C=O) groups excluding carboxylic acids is 3. The fourth-order valence-corrected chi connectivity index (χ4v) is 4.29. The fourth-order valence-electron chi connectivity index (χ4n) is 4.29. The second-order valence-electron chi connectivity index (χ2n) is 8.50. The number of morpholine rings is 1. The Labute approximate surface area is 200 Å². The minimum absolute atomic E-state index is 0.00956. The van der Waals surface area contributed by atoms with Gasteiger partial charge in [-0.2, -0.15) is 0 Å². The summed E-state index contributed by atoms with van der Waals surface area (Å²) in [7, 11) is 0. The molecule has 0 saturated carbocycles. The van der Waals surface area contributed by atoms with E-state index in [1.165, 1.54) is 0 Å². The molecule has 3 aliphatic heterocycles. The summed E-state index contributed by atoms with van der Waals surface area (Å²) in [5, 5.41) is 2.52. The number of allylic oxidation sites excluding steroid dienone is 1. The van der Waals surface area contributed by atoms with E-state index in [-0.39, 0.29) is 32.1 Å². The van der Waals surface area contributed by atoms with Crippen molar-refractivity contribution in [1.29, 1.82) is 0 Å². The van der Waals surface area contributed by atoms with Gasteiger partial charge in [0.05, 0.1) is 14.5 Å². The zero-order valence-electron chi connectivity index (χ0n) is 20.7. The van der Waals surface area contributed by atoms with Gasteiger partial charge >= 0.3 is 0 Å². The van der Waals surface area contributed by atoms with Crippen molar-refractivity contribution < 1.29 is 26.6 Å². The highest BCUT2D eigenvalue weighted by Crippen LogP contribution is 2.34. The summed E-state index contributed by atoms with van der Waals surface area (Å²) in [6.45, 7) is 5.73. The van der Waals surface area contributed by atoms with Gasteiger partial charge in [-0.3, -0.25) is 14.4 Å². The third-order valence-electron chi connectivity index (χ3n) is 6.15. The highest BCUT2D eigenvalue weighted by Gasteiger charge is 2.39.